The zero-order chi connectivity index (χ0) is 14.5. The van der Waals surface area contributed by atoms with Crippen molar-refractivity contribution < 1.29 is 0 Å². The monoisotopic (exact) mass is 331 g/mol. The second-order valence-corrected chi connectivity index (χ2v) is 6.46. The summed E-state index contributed by atoms with van der Waals surface area (Å²) in [5, 5.41) is 7.43. The predicted octanol–water partition coefficient (Wildman–Crippen LogP) is 3.68. The van der Waals surface area contributed by atoms with Gasteiger partial charge >= 0.3 is 0 Å². The lowest BCUT2D eigenvalue weighted by atomic mass is 10.3. The third-order valence-corrected chi connectivity index (χ3v) is 4.39. The Morgan fingerprint density at radius 2 is 2.20 bits per heavy atom. The molecule has 0 bridgehead atoms. The van der Waals surface area contributed by atoms with Gasteiger partial charge in [-0.1, -0.05) is 30.1 Å². The fourth-order valence-electron chi connectivity index (χ4n) is 1.77. The summed E-state index contributed by atoms with van der Waals surface area (Å²) in [7, 11) is 0. The lowest BCUT2D eigenvalue weighted by Gasteiger charge is -2.09. The van der Waals surface area contributed by atoms with Gasteiger partial charge in [0.25, 0.3) is 5.56 Å². The van der Waals surface area contributed by atoms with Crippen molar-refractivity contribution in [3.63, 3.8) is 0 Å². The number of aromatic nitrogens is 2. The molecule has 2 aromatic rings. The molecule has 0 fully saturated rings. The fourth-order valence-corrected chi connectivity index (χ4v) is 3.07. The number of anilines is 1. The number of hydrogen-bond acceptors (Lipinski definition) is 4. The molecule has 0 saturated heterocycles. The van der Waals surface area contributed by atoms with E-state index in [4.69, 9.17) is 23.2 Å². The zero-order valence-corrected chi connectivity index (χ0v) is 13.4. The Balaban J connectivity index is 1.99. The van der Waals surface area contributed by atoms with Crippen molar-refractivity contribution in [1.82, 2.24) is 9.78 Å². The summed E-state index contributed by atoms with van der Waals surface area (Å²) >= 11 is 13.5. The van der Waals surface area contributed by atoms with Crippen molar-refractivity contribution in [1.29, 1.82) is 0 Å². The third-order valence-electron chi connectivity index (χ3n) is 2.74. The van der Waals surface area contributed by atoms with E-state index in [-0.39, 0.29) is 10.6 Å². The molecular weight excluding hydrogens is 317 g/mol. The van der Waals surface area contributed by atoms with Gasteiger partial charge in [0.05, 0.1) is 16.2 Å². The Morgan fingerprint density at radius 3 is 2.85 bits per heavy atom. The molecule has 1 N–H and O–H groups in total. The molecule has 2 rings (SSSR count). The summed E-state index contributed by atoms with van der Waals surface area (Å²) in [4.78, 5) is 13.1. The van der Waals surface area contributed by atoms with Crippen LogP contribution in [0, 0.1) is 0 Å². The summed E-state index contributed by atoms with van der Waals surface area (Å²) in [6.07, 6.45) is 3.27. The lowest BCUT2D eigenvalue weighted by Crippen LogP contribution is -2.24. The first kappa shape index (κ1) is 15.4. The third kappa shape index (κ3) is 3.75. The molecule has 0 aliphatic rings. The molecule has 2 aromatic heterocycles. The molecule has 0 aromatic carbocycles. The number of aryl methyl sites for hydroxylation is 1. The molecule has 0 saturated carbocycles. The highest BCUT2D eigenvalue weighted by Gasteiger charge is 2.08. The van der Waals surface area contributed by atoms with Crippen molar-refractivity contribution >= 4 is 40.2 Å². The average molecular weight is 332 g/mol. The van der Waals surface area contributed by atoms with Crippen LogP contribution < -0.4 is 10.9 Å². The number of nitrogens with zero attached hydrogens (tertiary/aromatic N) is 2. The van der Waals surface area contributed by atoms with Gasteiger partial charge in [0, 0.05) is 18.0 Å². The van der Waals surface area contributed by atoms with Crippen LogP contribution >= 0.6 is 34.5 Å². The molecule has 7 heteroatoms. The molecule has 0 aliphatic carbocycles. The van der Waals surface area contributed by atoms with Gasteiger partial charge in [-0.25, -0.2) is 4.68 Å². The van der Waals surface area contributed by atoms with Crippen molar-refractivity contribution in [3.8, 4) is 0 Å². The summed E-state index contributed by atoms with van der Waals surface area (Å²) in [6.45, 7) is 3.24. The Kier molecular flexibility index (Phi) is 5.46. The summed E-state index contributed by atoms with van der Waals surface area (Å²) in [5.41, 5.74) is 0.323. The summed E-state index contributed by atoms with van der Waals surface area (Å²) < 4.78 is 2.16. The Bertz CT molecular complexity index is 639. The zero-order valence-electron chi connectivity index (χ0n) is 11.0. The second-order valence-electron chi connectivity index (χ2n) is 4.28. The molecule has 0 spiro atoms. The fraction of sp³-hybridized carbons (Fsp3) is 0.385. The molecule has 0 unspecified atom stereocenters. The lowest BCUT2D eigenvalue weighted by molar-refractivity contribution is 0.568. The predicted molar refractivity (Wildman–Crippen MR) is 85.3 cm³/mol. The quantitative estimate of drug-likeness (QED) is 0.878. The van der Waals surface area contributed by atoms with Crippen molar-refractivity contribution in [2.75, 3.05) is 11.9 Å². The summed E-state index contributed by atoms with van der Waals surface area (Å²) in [6, 6.07) is 3.87. The van der Waals surface area contributed by atoms with Gasteiger partial charge in [-0.05, 0) is 25.0 Å². The minimum absolute atomic E-state index is 0.192. The maximum absolute atomic E-state index is 11.9. The molecule has 20 heavy (non-hydrogen) atoms. The van der Waals surface area contributed by atoms with Gasteiger partial charge in [0.1, 0.15) is 5.02 Å². The highest BCUT2D eigenvalue weighted by Crippen LogP contribution is 2.22. The van der Waals surface area contributed by atoms with Gasteiger partial charge in [0.15, 0.2) is 0 Å². The first-order chi connectivity index (χ1) is 9.61. The average Bonchev–Trinajstić information content (AvgIpc) is 2.84. The van der Waals surface area contributed by atoms with E-state index in [0.29, 0.717) is 18.8 Å². The minimum atomic E-state index is -0.252. The van der Waals surface area contributed by atoms with E-state index in [9.17, 15) is 4.79 Å². The molecule has 4 nitrogen and oxygen atoms in total. The molecule has 108 valence electrons. The van der Waals surface area contributed by atoms with Crippen LogP contribution in [0.5, 0.6) is 0 Å². The van der Waals surface area contributed by atoms with Crippen molar-refractivity contribution in [3.05, 3.63) is 42.9 Å². The van der Waals surface area contributed by atoms with Crippen LogP contribution in [-0.2, 0) is 13.0 Å². The van der Waals surface area contributed by atoms with Crippen LogP contribution in [0.4, 0.5) is 5.69 Å². The number of rotatable bonds is 6. The molecule has 0 radical (unpaired) electrons. The van der Waals surface area contributed by atoms with Gasteiger partial charge in [-0.2, -0.15) is 5.10 Å². The SMILES string of the molecule is CCCn1ncc(NCCc2ccc(Cl)s2)c(Cl)c1=O. The molecular formula is C13H15Cl2N3OS. The number of halogens is 2. The van der Waals surface area contributed by atoms with Gasteiger partial charge in [-0.3, -0.25) is 4.79 Å². The Hall–Kier alpha value is -1.04. The van der Waals surface area contributed by atoms with Gasteiger partial charge < -0.3 is 5.32 Å². The number of thiophene rings is 1. The van der Waals surface area contributed by atoms with E-state index in [1.165, 1.54) is 9.56 Å². The van der Waals surface area contributed by atoms with Crippen LogP contribution in [0.1, 0.15) is 18.2 Å². The highest BCUT2D eigenvalue weighted by molar-refractivity contribution is 7.16. The normalized spacial score (nSPS) is 10.8. The smallest absolute Gasteiger partial charge is 0.287 e. The molecule has 2 heterocycles. The highest BCUT2D eigenvalue weighted by atomic mass is 35.5. The topological polar surface area (TPSA) is 46.9 Å². The van der Waals surface area contributed by atoms with E-state index in [1.54, 1.807) is 17.5 Å². The number of nitrogens with one attached hydrogen (secondary N) is 1. The van der Waals surface area contributed by atoms with Crippen molar-refractivity contribution in [2.45, 2.75) is 26.3 Å². The van der Waals surface area contributed by atoms with E-state index in [0.717, 1.165) is 17.2 Å². The van der Waals surface area contributed by atoms with E-state index in [2.05, 4.69) is 10.4 Å². The first-order valence-electron chi connectivity index (χ1n) is 6.35. The van der Waals surface area contributed by atoms with E-state index in [1.807, 2.05) is 19.1 Å². The summed E-state index contributed by atoms with van der Waals surface area (Å²) in [5.74, 6) is 0. The Morgan fingerprint density at radius 1 is 1.40 bits per heavy atom. The second kappa shape index (κ2) is 7.11. The standard InChI is InChI=1S/C13H15Cl2N3OS/c1-2-7-18-13(19)12(15)10(8-17-18)16-6-5-9-3-4-11(14)20-9/h3-4,8,16H,2,5-7H2,1H3. The van der Waals surface area contributed by atoms with Gasteiger partial charge in [0.2, 0.25) is 0 Å². The minimum Gasteiger partial charge on any atom is -0.382 e. The first-order valence-corrected chi connectivity index (χ1v) is 7.92. The van der Waals surface area contributed by atoms with Crippen molar-refractivity contribution in [2.24, 2.45) is 0 Å². The molecule has 0 amide bonds. The van der Waals surface area contributed by atoms with Crippen LogP contribution in [0.3, 0.4) is 0 Å². The van der Waals surface area contributed by atoms with Crippen LogP contribution in [0.25, 0.3) is 0 Å². The molecule has 0 aliphatic heterocycles. The van der Waals surface area contributed by atoms with E-state index < -0.39 is 0 Å². The van der Waals surface area contributed by atoms with Crippen LogP contribution in [0.15, 0.2) is 23.1 Å². The largest absolute Gasteiger partial charge is 0.382 e. The Labute approximate surface area is 131 Å². The van der Waals surface area contributed by atoms with Crippen LogP contribution in [0.2, 0.25) is 9.36 Å². The van der Waals surface area contributed by atoms with Crippen LogP contribution in [-0.4, -0.2) is 16.3 Å². The maximum atomic E-state index is 11.9. The maximum Gasteiger partial charge on any atom is 0.287 e. The molecule has 0 atom stereocenters. The number of hydrogen-bond donors (Lipinski definition) is 1. The van der Waals surface area contributed by atoms with Gasteiger partial charge in [-0.15, -0.1) is 11.3 Å². The van der Waals surface area contributed by atoms with E-state index >= 15 is 0 Å².